The van der Waals surface area contributed by atoms with E-state index in [4.69, 9.17) is 9.47 Å². The first-order chi connectivity index (χ1) is 15.2. The minimum absolute atomic E-state index is 0.0502. The molecule has 1 saturated heterocycles. The average molecular weight is 420 g/mol. The molecule has 1 fully saturated rings. The van der Waals surface area contributed by atoms with E-state index >= 15 is 0 Å². The fourth-order valence-electron chi connectivity index (χ4n) is 4.34. The Morgan fingerprint density at radius 3 is 2.65 bits per heavy atom. The lowest BCUT2D eigenvalue weighted by Gasteiger charge is -2.37. The number of nitrogens with zero attached hydrogens (tertiary/aromatic N) is 2. The summed E-state index contributed by atoms with van der Waals surface area (Å²) in [7, 11) is 1.65. The Morgan fingerprint density at radius 1 is 1.13 bits per heavy atom. The molecule has 1 N–H and O–H groups in total. The van der Waals surface area contributed by atoms with Crippen molar-refractivity contribution in [2.75, 3.05) is 26.9 Å². The number of ether oxygens (including phenoxy) is 2. The van der Waals surface area contributed by atoms with Gasteiger partial charge in [0.1, 0.15) is 11.6 Å². The van der Waals surface area contributed by atoms with E-state index in [0.717, 1.165) is 35.7 Å². The van der Waals surface area contributed by atoms with Crippen LogP contribution in [0.3, 0.4) is 0 Å². The quantitative estimate of drug-likeness (QED) is 0.564. The van der Waals surface area contributed by atoms with Crippen LogP contribution in [0.15, 0.2) is 67.0 Å². The monoisotopic (exact) mass is 419 g/mol. The number of rotatable bonds is 8. The number of amides is 1. The summed E-state index contributed by atoms with van der Waals surface area (Å²) >= 11 is 0. The molecule has 0 unspecified atom stereocenters. The van der Waals surface area contributed by atoms with Gasteiger partial charge in [0.2, 0.25) is 5.91 Å². The summed E-state index contributed by atoms with van der Waals surface area (Å²) in [6.45, 7) is 2.53. The van der Waals surface area contributed by atoms with Crippen molar-refractivity contribution in [1.82, 2.24) is 14.9 Å². The van der Waals surface area contributed by atoms with E-state index in [2.05, 4.69) is 27.0 Å². The second-order valence-corrected chi connectivity index (χ2v) is 7.81. The topological polar surface area (TPSA) is 65.4 Å². The number of carbonyl (C=O) groups is 1. The average Bonchev–Trinajstić information content (AvgIpc) is 3.31. The van der Waals surface area contributed by atoms with E-state index in [1.807, 2.05) is 54.9 Å². The van der Waals surface area contributed by atoms with Crippen LogP contribution >= 0.6 is 0 Å². The first-order valence-electron chi connectivity index (χ1n) is 10.8. The van der Waals surface area contributed by atoms with Crippen LogP contribution in [0.1, 0.15) is 24.8 Å². The van der Waals surface area contributed by atoms with Gasteiger partial charge < -0.3 is 19.4 Å². The Bertz CT molecular complexity index is 994. The van der Waals surface area contributed by atoms with Crippen molar-refractivity contribution in [3.05, 3.63) is 72.6 Å². The van der Waals surface area contributed by atoms with Crippen LogP contribution in [0.2, 0.25) is 0 Å². The van der Waals surface area contributed by atoms with Crippen molar-refractivity contribution in [2.24, 2.45) is 0 Å². The van der Waals surface area contributed by atoms with Gasteiger partial charge in [-0.05, 0) is 25.3 Å². The van der Waals surface area contributed by atoms with Crippen molar-refractivity contribution in [3.63, 3.8) is 0 Å². The molecular formula is C25H29N3O3. The number of aryl methyl sites for hydroxylation is 1. The highest BCUT2D eigenvalue weighted by Gasteiger charge is 2.43. The summed E-state index contributed by atoms with van der Waals surface area (Å²) in [5, 5.41) is 3.18. The van der Waals surface area contributed by atoms with E-state index in [-0.39, 0.29) is 5.91 Å². The molecule has 2 aromatic carbocycles. The fourth-order valence-corrected chi connectivity index (χ4v) is 4.34. The highest BCUT2D eigenvalue weighted by molar-refractivity contribution is 5.89. The molecule has 31 heavy (non-hydrogen) atoms. The van der Waals surface area contributed by atoms with E-state index in [9.17, 15) is 4.79 Å². The first-order valence-corrected chi connectivity index (χ1v) is 10.8. The largest absolute Gasteiger partial charge is 0.496 e. The van der Waals surface area contributed by atoms with Crippen molar-refractivity contribution in [3.8, 4) is 17.1 Å². The highest BCUT2D eigenvalue weighted by atomic mass is 16.5. The molecule has 0 aliphatic carbocycles. The van der Waals surface area contributed by atoms with Gasteiger partial charge in [-0.2, -0.15) is 0 Å². The Hall–Kier alpha value is -3.12. The number of imidazole rings is 1. The van der Waals surface area contributed by atoms with Crippen LogP contribution < -0.4 is 10.1 Å². The van der Waals surface area contributed by atoms with E-state index in [1.54, 1.807) is 7.11 Å². The maximum absolute atomic E-state index is 13.4. The minimum atomic E-state index is -0.616. The number of carbonyl (C=O) groups excluding carboxylic acids is 1. The third kappa shape index (κ3) is 4.49. The zero-order chi connectivity index (χ0) is 21.5. The predicted octanol–water partition coefficient (Wildman–Crippen LogP) is 3.81. The maximum Gasteiger partial charge on any atom is 0.230 e. The number of nitrogens with one attached hydrogen (secondary N) is 1. The van der Waals surface area contributed by atoms with Crippen LogP contribution in [0.25, 0.3) is 11.4 Å². The minimum Gasteiger partial charge on any atom is -0.496 e. The molecule has 0 bridgehead atoms. The van der Waals surface area contributed by atoms with Crippen molar-refractivity contribution < 1.29 is 14.3 Å². The highest BCUT2D eigenvalue weighted by Crippen LogP contribution is 2.40. The Kier molecular flexibility index (Phi) is 6.67. The van der Waals surface area contributed by atoms with Crippen molar-refractivity contribution >= 4 is 5.91 Å². The molecule has 0 radical (unpaired) electrons. The normalized spacial score (nSPS) is 15.4. The molecule has 4 rings (SSSR count). The fraction of sp³-hybridized carbons (Fsp3) is 0.360. The summed E-state index contributed by atoms with van der Waals surface area (Å²) < 4.78 is 13.3. The Labute approximate surface area is 183 Å². The standard InChI is InChI=1S/C25H29N3O3/c1-30-22-11-6-5-10-21(22)25(12-18-31-19-13-25)24(29)27-14-7-16-28-17-15-26-23(28)20-8-3-2-4-9-20/h2-6,8-11,15,17H,7,12-14,16,18-19H2,1H3,(H,27,29). The van der Waals surface area contributed by atoms with E-state index < -0.39 is 5.41 Å². The van der Waals surface area contributed by atoms with Crippen LogP contribution in [0, 0.1) is 0 Å². The zero-order valence-electron chi connectivity index (χ0n) is 17.9. The second kappa shape index (κ2) is 9.79. The van der Waals surface area contributed by atoms with Gasteiger partial charge in [-0.25, -0.2) is 4.98 Å². The number of benzene rings is 2. The molecular weight excluding hydrogens is 390 g/mol. The third-order valence-corrected chi connectivity index (χ3v) is 6.01. The lowest BCUT2D eigenvalue weighted by Crippen LogP contribution is -2.48. The van der Waals surface area contributed by atoms with Gasteiger partial charge in [0.15, 0.2) is 0 Å². The van der Waals surface area contributed by atoms with Gasteiger partial charge >= 0.3 is 0 Å². The van der Waals surface area contributed by atoms with Crippen LogP contribution in [-0.4, -0.2) is 42.3 Å². The van der Waals surface area contributed by atoms with Crippen molar-refractivity contribution in [1.29, 1.82) is 0 Å². The van der Waals surface area contributed by atoms with Gasteiger partial charge in [0.05, 0.1) is 12.5 Å². The van der Waals surface area contributed by atoms with Gasteiger partial charge in [-0.1, -0.05) is 48.5 Å². The lowest BCUT2D eigenvalue weighted by atomic mass is 9.73. The number of hydrogen-bond donors (Lipinski definition) is 1. The smallest absolute Gasteiger partial charge is 0.230 e. The van der Waals surface area contributed by atoms with Gasteiger partial charge in [0.25, 0.3) is 0 Å². The Morgan fingerprint density at radius 2 is 1.87 bits per heavy atom. The number of para-hydroxylation sites is 1. The van der Waals surface area contributed by atoms with Crippen LogP contribution in [0.4, 0.5) is 0 Å². The number of methoxy groups -OCH3 is 1. The second-order valence-electron chi connectivity index (χ2n) is 7.81. The number of aromatic nitrogens is 2. The Balaban J connectivity index is 1.41. The summed E-state index contributed by atoms with van der Waals surface area (Å²) in [4.78, 5) is 17.9. The summed E-state index contributed by atoms with van der Waals surface area (Å²) in [6.07, 6.45) is 5.93. The van der Waals surface area contributed by atoms with Crippen LogP contribution in [-0.2, 0) is 21.5 Å². The summed E-state index contributed by atoms with van der Waals surface area (Å²) in [5.74, 6) is 1.75. The summed E-state index contributed by atoms with van der Waals surface area (Å²) in [5.41, 5.74) is 1.42. The molecule has 1 amide bonds. The first kappa shape index (κ1) is 21.1. The van der Waals surface area contributed by atoms with E-state index in [0.29, 0.717) is 32.6 Å². The predicted molar refractivity (Wildman–Crippen MR) is 120 cm³/mol. The lowest BCUT2D eigenvalue weighted by molar-refractivity contribution is -0.130. The van der Waals surface area contributed by atoms with Gasteiger partial charge in [0, 0.05) is 49.8 Å². The zero-order valence-corrected chi connectivity index (χ0v) is 17.9. The molecule has 2 heterocycles. The molecule has 0 spiro atoms. The molecule has 1 aliphatic rings. The SMILES string of the molecule is COc1ccccc1C1(C(=O)NCCCn2ccnc2-c2ccccc2)CCOCC1. The number of hydrogen-bond acceptors (Lipinski definition) is 4. The molecule has 3 aromatic rings. The van der Waals surface area contributed by atoms with Crippen LogP contribution in [0.5, 0.6) is 5.75 Å². The molecule has 162 valence electrons. The molecule has 0 saturated carbocycles. The molecule has 1 aromatic heterocycles. The van der Waals surface area contributed by atoms with Gasteiger partial charge in [-0.3, -0.25) is 4.79 Å². The van der Waals surface area contributed by atoms with E-state index in [1.165, 1.54) is 0 Å². The maximum atomic E-state index is 13.4. The molecule has 6 nitrogen and oxygen atoms in total. The third-order valence-electron chi connectivity index (χ3n) is 6.01. The molecule has 6 heteroatoms. The molecule has 0 atom stereocenters. The summed E-state index contributed by atoms with van der Waals surface area (Å²) in [6, 6.07) is 18.0. The van der Waals surface area contributed by atoms with Crippen molar-refractivity contribution in [2.45, 2.75) is 31.2 Å². The molecule has 1 aliphatic heterocycles. The van der Waals surface area contributed by atoms with Gasteiger partial charge in [-0.15, -0.1) is 0 Å².